The fraction of sp³-hybridized carbons (Fsp3) is 0.550. The molecule has 1 amide bonds. The minimum atomic E-state index is 0.334. The van der Waals surface area contributed by atoms with Gasteiger partial charge in [-0.05, 0) is 30.9 Å². The van der Waals surface area contributed by atoms with Gasteiger partial charge in [-0.25, -0.2) is 4.98 Å². The Kier molecular flexibility index (Phi) is 4.81. The van der Waals surface area contributed by atoms with Gasteiger partial charge in [-0.1, -0.05) is 19.3 Å². The Balaban J connectivity index is 1.43. The number of aromatic nitrogens is 3. The summed E-state index contributed by atoms with van der Waals surface area (Å²) in [5.41, 5.74) is 2.19. The minimum absolute atomic E-state index is 0.334. The average molecular weight is 338 g/mol. The van der Waals surface area contributed by atoms with E-state index in [0.29, 0.717) is 11.8 Å². The van der Waals surface area contributed by atoms with Gasteiger partial charge in [0.05, 0.1) is 11.9 Å². The summed E-state index contributed by atoms with van der Waals surface area (Å²) in [7, 11) is 0. The van der Waals surface area contributed by atoms with E-state index in [4.69, 9.17) is 0 Å². The Labute approximate surface area is 149 Å². The summed E-state index contributed by atoms with van der Waals surface area (Å²) in [5.74, 6) is 2.01. The molecule has 0 N–H and O–H groups in total. The number of carbonyl (C=O) groups is 1. The second kappa shape index (κ2) is 7.38. The van der Waals surface area contributed by atoms with Crippen LogP contribution in [0.25, 0.3) is 11.3 Å². The summed E-state index contributed by atoms with van der Waals surface area (Å²) in [4.78, 5) is 23.6. The van der Waals surface area contributed by atoms with E-state index in [-0.39, 0.29) is 0 Å². The third-order valence-corrected chi connectivity index (χ3v) is 5.64. The van der Waals surface area contributed by atoms with Crippen LogP contribution in [-0.4, -0.2) is 38.4 Å². The summed E-state index contributed by atoms with van der Waals surface area (Å²) < 4.78 is 2.25. The third kappa shape index (κ3) is 3.60. The molecule has 2 aromatic heterocycles. The molecule has 0 saturated heterocycles. The Bertz CT molecular complexity index is 719. The molecule has 25 heavy (non-hydrogen) atoms. The maximum Gasteiger partial charge on any atom is 0.222 e. The van der Waals surface area contributed by atoms with Crippen LogP contribution in [0.4, 0.5) is 0 Å². The molecule has 0 aromatic carbocycles. The lowest BCUT2D eigenvalue weighted by Gasteiger charge is -2.25. The number of hydrogen-bond donors (Lipinski definition) is 0. The van der Waals surface area contributed by atoms with E-state index in [9.17, 15) is 4.79 Å². The molecule has 1 aliphatic carbocycles. The van der Waals surface area contributed by atoms with Crippen molar-refractivity contribution < 1.29 is 4.79 Å². The van der Waals surface area contributed by atoms with E-state index in [1.807, 2.05) is 18.5 Å². The van der Waals surface area contributed by atoms with Crippen LogP contribution in [0.3, 0.4) is 0 Å². The number of pyridine rings is 1. The number of amides is 1. The molecule has 2 aliphatic rings. The van der Waals surface area contributed by atoms with E-state index >= 15 is 0 Å². The standard InChI is InChI=1S/C20H26N4O/c25-20(13-16-5-2-1-3-6-16)23-10-8-19-22-15-18(24(19)12-11-23)17-7-4-9-21-14-17/h4,7,9,14-16H,1-3,5-6,8,10-13H2. The molecule has 0 bridgehead atoms. The largest absolute Gasteiger partial charge is 0.340 e. The van der Waals surface area contributed by atoms with Gasteiger partial charge in [0.1, 0.15) is 5.82 Å². The normalized spacial score (nSPS) is 18.6. The number of imidazole rings is 1. The number of hydrogen-bond acceptors (Lipinski definition) is 3. The molecule has 3 heterocycles. The van der Waals surface area contributed by atoms with E-state index < -0.39 is 0 Å². The van der Waals surface area contributed by atoms with E-state index in [1.54, 1.807) is 6.20 Å². The zero-order valence-electron chi connectivity index (χ0n) is 14.7. The molecule has 5 nitrogen and oxygen atoms in total. The van der Waals surface area contributed by atoms with Crippen LogP contribution >= 0.6 is 0 Å². The van der Waals surface area contributed by atoms with Gasteiger partial charge in [0, 0.05) is 50.4 Å². The lowest BCUT2D eigenvalue weighted by molar-refractivity contribution is -0.132. The molecule has 0 radical (unpaired) electrons. The predicted molar refractivity (Wildman–Crippen MR) is 96.9 cm³/mol. The topological polar surface area (TPSA) is 51.0 Å². The molecular formula is C20H26N4O. The Morgan fingerprint density at radius 1 is 1.12 bits per heavy atom. The minimum Gasteiger partial charge on any atom is -0.340 e. The van der Waals surface area contributed by atoms with Gasteiger partial charge in [0.15, 0.2) is 0 Å². The van der Waals surface area contributed by atoms with Crippen LogP contribution in [-0.2, 0) is 17.8 Å². The van der Waals surface area contributed by atoms with Crippen LogP contribution < -0.4 is 0 Å². The molecule has 1 fully saturated rings. The van der Waals surface area contributed by atoms with Crippen LogP contribution in [0.5, 0.6) is 0 Å². The fourth-order valence-electron chi connectivity index (χ4n) is 4.19. The van der Waals surface area contributed by atoms with Crippen molar-refractivity contribution >= 4 is 5.91 Å². The molecule has 132 valence electrons. The van der Waals surface area contributed by atoms with Gasteiger partial charge in [-0.3, -0.25) is 9.78 Å². The summed E-state index contributed by atoms with van der Waals surface area (Å²) in [6.07, 6.45) is 13.5. The summed E-state index contributed by atoms with van der Waals surface area (Å²) >= 11 is 0. The summed E-state index contributed by atoms with van der Waals surface area (Å²) in [6.45, 7) is 2.38. The van der Waals surface area contributed by atoms with Crippen molar-refractivity contribution in [3.8, 4) is 11.3 Å². The SMILES string of the molecule is O=C(CC1CCCCC1)N1CCc2ncc(-c3cccnc3)n2CC1. The second-order valence-electron chi connectivity index (χ2n) is 7.29. The Morgan fingerprint density at radius 3 is 2.80 bits per heavy atom. The van der Waals surface area contributed by atoms with Gasteiger partial charge < -0.3 is 9.47 Å². The van der Waals surface area contributed by atoms with Gasteiger partial charge in [0.25, 0.3) is 0 Å². The fourth-order valence-corrected chi connectivity index (χ4v) is 4.19. The van der Waals surface area contributed by atoms with Crippen molar-refractivity contribution in [2.75, 3.05) is 13.1 Å². The first-order chi connectivity index (χ1) is 12.3. The molecule has 0 atom stereocenters. The van der Waals surface area contributed by atoms with Crippen LogP contribution in [0, 0.1) is 5.92 Å². The second-order valence-corrected chi connectivity index (χ2v) is 7.29. The van der Waals surface area contributed by atoms with Crippen LogP contribution in [0.2, 0.25) is 0 Å². The molecule has 1 aliphatic heterocycles. The van der Waals surface area contributed by atoms with Crippen molar-refractivity contribution in [2.24, 2.45) is 5.92 Å². The Hall–Kier alpha value is -2.17. The van der Waals surface area contributed by atoms with Crippen molar-refractivity contribution in [3.63, 3.8) is 0 Å². The number of fused-ring (bicyclic) bond motifs is 1. The number of nitrogens with zero attached hydrogens (tertiary/aromatic N) is 4. The molecule has 0 unspecified atom stereocenters. The van der Waals surface area contributed by atoms with Crippen LogP contribution in [0.15, 0.2) is 30.7 Å². The monoisotopic (exact) mass is 338 g/mol. The van der Waals surface area contributed by atoms with E-state index in [1.165, 1.54) is 32.1 Å². The smallest absolute Gasteiger partial charge is 0.222 e. The first kappa shape index (κ1) is 16.3. The molecule has 1 saturated carbocycles. The van der Waals surface area contributed by atoms with Crippen molar-refractivity contribution in [2.45, 2.75) is 51.5 Å². The lowest BCUT2D eigenvalue weighted by atomic mass is 9.86. The number of rotatable bonds is 3. The molecule has 5 heteroatoms. The van der Waals surface area contributed by atoms with E-state index in [2.05, 4.69) is 25.5 Å². The third-order valence-electron chi connectivity index (χ3n) is 5.64. The van der Waals surface area contributed by atoms with Gasteiger partial charge in [-0.2, -0.15) is 0 Å². The highest BCUT2D eigenvalue weighted by molar-refractivity contribution is 5.76. The molecular weight excluding hydrogens is 312 g/mol. The van der Waals surface area contributed by atoms with E-state index in [0.717, 1.165) is 49.6 Å². The Morgan fingerprint density at radius 2 is 2.00 bits per heavy atom. The van der Waals surface area contributed by atoms with Crippen molar-refractivity contribution in [1.82, 2.24) is 19.4 Å². The quantitative estimate of drug-likeness (QED) is 0.863. The van der Waals surface area contributed by atoms with Crippen LogP contribution in [0.1, 0.15) is 44.3 Å². The molecule has 2 aromatic rings. The van der Waals surface area contributed by atoms with Crippen molar-refractivity contribution in [3.05, 3.63) is 36.5 Å². The first-order valence-electron chi connectivity index (χ1n) is 9.54. The van der Waals surface area contributed by atoms with Gasteiger partial charge in [-0.15, -0.1) is 0 Å². The zero-order chi connectivity index (χ0) is 17.1. The average Bonchev–Trinajstić information content (AvgIpc) is 2.94. The highest BCUT2D eigenvalue weighted by Crippen LogP contribution is 2.27. The maximum atomic E-state index is 12.7. The van der Waals surface area contributed by atoms with Crippen molar-refractivity contribution in [1.29, 1.82) is 0 Å². The molecule has 4 rings (SSSR count). The summed E-state index contributed by atoms with van der Waals surface area (Å²) in [6, 6.07) is 4.01. The lowest BCUT2D eigenvalue weighted by Crippen LogP contribution is -2.35. The molecule has 0 spiro atoms. The zero-order valence-corrected chi connectivity index (χ0v) is 14.7. The highest BCUT2D eigenvalue weighted by atomic mass is 16.2. The van der Waals surface area contributed by atoms with Gasteiger partial charge in [0.2, 0.25) is 5.91 Å². The van der Waals surface area contributed by atoms with Gasteiger partial charge >= 0.3 is 0 Å². The first-order valence-corrected chi connectivity index (χ1v) is 9.54. The highest BCUT2D eigenvalue weighted by Gasteiger charge is 2.24. The number of carbonyl (C=O) groups excluding carboxylic acids is 1. The summed E-state index contributed by atoms with van der Waals surface area (Å²) in [5, 5.41) is 0. The maximum absolute atomic E-state index is 12.7. The predicted octanol–water partition coefficient (Wildman–Crippen LogP) is 3.30.